The van der Waals surface area contributed by atoms with Crippen molar-refractivity contribution in [2.75, 3.05) is 24.4 Å². The Bertz CT molecular complexity index is 1590. The molecule has 43 heavy (non-hydrogen) atoms. The molecule has 1 atom stereocenters. The Morgan fingerprint density at radius 1 is 1.14 bits per heavy atom. The monoisotopic (exact) mass is 651 g/mol. The fourth-order valence-corrected chi connectivity index (χ4v) is 5.96. The SMILES string of the molecule is O=C(O)C(F)(F)F.O=S(=O)(Nc1nccs1)c1ccc2c(c1)OCCC2Oc1ccc(C(F)(F)F)cc1C1=CCNCC1. The highest BCUT2D eigenvalue weighted by atomic mass is 32.2. The predicted octanol–water partition coefficient (Wildman–Crippen LogP) is 5.88. The van der Waals surface area contributed by atoms with Gasteiger partial charge in [-0.2, -0.15) is 26.3 Å². The Kier molecular flexibility index (Phi) is 9.56. The van der Waals surface area contributed by atoms with Crippen molar-refractivity contribution in [3.63, 3.8) is 0 Å². The van der Waals surface area contributed by atoms with Crippen molar-refractivity contribution in [3.05, 3.63) is 70.7 Å². The molecule has 2 aliphatic rings. The summed E-state index contributed by atoms with van der Waals surface area (Å²) in [6.45, 7) is 1.49. The van der Waals surface area contributed by atoms with Gasteiger partial charge in [0.15, 0.2) is 5.13 Å². The molecular formula is C26H23F6N3O6S2. The normalized spacial score (nSPS) is 17.0. The van der Waals surface area contributed by atoms with Gasteiger partial charge in [0.2, 0.25) is 0 Å². The van der Waals surface area contributed by atoms with Gasteiger partial charge in [-0.15, -0.1) is 11.3 Å². The van der Waals surface area contributed by atoms with Crippen LogP contribution in [0, 0.1) is 0 Å². The number of rotatable bonds is 6. The van der Waals surface area contributed by atoms with E-state index in [4.69, 9.17) is 19.4 Å². The van der Waals surface area contributed by atoms with Gasteiger partial charge >= 0.3 is 18.3 Å². The van der Waals surface area contributed by atoms with Crippen molar-refractivity contribution in [3.8, 4) is 11.5 Å². The van der Waals surface area contributed by atoms with E-state index in [0.717, 1.165) is 29.0 Å². The molecule has 3 heterocycles. The highest BCUT2D eigenvalue weighted by Crippen LogP contribution is 2.41. The average Bonchev–Trinajstić information content (AvgIpc) is 3.45. The topological polar surface area (TPSA) is 127 Å². The first-order chi connectivity index (χ1) is 20.1. The number of carboxylic acids is 1. The second-order valence-electron chi connectivity index (χ2n) is 9.08. The molecule has 0 radical (unpaired) electrons. The van der Waals surface area contributed by atoms with Crippen molar-refractivity contribution in [1.29, 1.82) is 0 Å². The molecule has 5 rings (SSSR count). The molecule has 1 unspecified atom stereocenters. The smallest absolute Gasteiger partial charge is 0.490 e. The Balaban J connectivity index is 0.000000541. The summed E-state index contributed by atoms with van der Waals surface area (Å²) in [6.07, 6.45) is -5.67. The zero-order valence-corrected chi connectivity index (χ0v) is 23.5. The molecule has 2 aromatic carbocycles. The van der Waals surface area contributed by atoms with Crippen LogP contribution in [0.25, 0.3) is 5.57 Å². The van der Waals surface area contributed by atoms with Gasteiger partial charge in [0.05, 0.1) is 17.1 Å². The van der Waals surface area contributed by atoms with E-state index in [-0.39, 0.29) is 16.6 Å². The zero-order chi connectivity index (χ0) is 31.4. The van der Waals surface area contributed by atoms with Crippen LogP contribution in [0.2, 0.25) is 0 Å². The standard InChI is InChI=1S/C24H22F3N3O4S2.C2HF3O2/c25-24(26,27)16-1-4-20(19(13-16)15-5-8-28-9-6-15)34-21-7-11-33-22-14-17(2-3-18(21)22)36(31,32)30-23-29-10-12-35-23;3-2(4,5)1(6)7/h1-5,10,12-14,21,28H,6-9,11H2,(H,29,30);(H,6,7). The van der Waals surface area contributed by atoms with Gasteiger partial charge in [-0.25, -0.2) is 18.2 Å². The van der Waals surface area contributed by atoms with E-state index < -0.39 is 40.0 Å². The Morgan fingerprint density at radius 2 is 1.88 bits per heavy atom. The maximum Gasteiger partial charge on any atom is 0.490 e. The molecule has 0 bridgehead atoms. The summed E-state index contributed by atoms with van der Waals surface area (Å²) in [5, 5.41) is 12.2. The molecule has 2 aliphatic heterocycles. The fourth-order valence-electron chi connectivity index (χ4n) is 4.15. The first kappa shape index (κ1) is 32.1. The number of alkyl halides is 6. The van der Waals surface area contributed by atoms with Crippen molar-refractivity contribution >= 4 is 38.0 Å². The zero-order valence-electron chi connectivity index (χ0n) is 21.8. The molecule has 3 aromatic rings. The van der Waals surface area contributed by atoms with Gasteiger partial charge < -0.3 is 19.9 Å². The number of thiazole rings is 1. The second kappa shape index (κ2) is 12.8. The molecule has 0 fully saturated rings. The van der Waals surface area contributed by atoms with Gasteiger partial charge in [0, 0.05) is 41.7 Å². The fraction of sp³-hybridized carbons (Fsp3) is 0.308. The van der Waals surface area contributed by atoms with Crippen molar-refractivity contribution in [1.82, 2.24) is 10.3 Å². The number of hydrogen-bond donors (Lipinski definition) is 3. The van der Waals surface area contributed by atoms with Crippen molar-refractivity contribution in [2.24, 2.45) is 0 Å². The quantitative estimate of drug-likeness (QED) is 0.283. The first-order valence-corrected chi connectivity index (χ1v) is 14.8. The number of nitrogens with one attached hydrogen (secondary N) is 2. The minimum atomic E-state index is -5.08. The van der Waals surface area contributed by atoms with Crippen LogP contribution in [0.3, 0.4) is 0 Å². The van der Waals surface area contributed by atoms with Crippen LogP contribution in [-0.2, 0) is 21.0 Å². The summed E-state index contributed by atoms with van der Waals surface area (Å²) in [5.74, 6) is -2.06. The Hall–Kier alpha value is -3.83. The van der Waals surface area contributed by atoms with E-state index in [2.05, 4.69) is 15.0 Å². The van der Waals surface area contributed by atoms with Gasteiger partial charge in [0.25, 0.3) is 10.0 Å². The van der Waals surface area contributed by atoms with Gasteiger partial charge in [0.1, 0.15) is 17.6 Å². The molecular weight excluding hydrogens is 628 g/mol. The molecule has 0 saturated heterocycles. The Labute approximate surface area is 245 Å². The summed E-state index contributed by atoms with van der Waals surface area (Å²) >= 11 is 1.16. The third-order valence-corrected chi connectivity index (χ3v) is 8.32. The molecule has 0 saturated carbocycles. The molecule has 0 spiro atoms. The van der Waals surface area contributed by atoms with E-state index in [1.807, 2.05) is 6.08 Å². The van der Waals surface area contributed by atoms with E-state index in [1.165, 1.54) is 24.4 Å². The van der Waals surface area contributed by atoms with Gasteiger partial charge in [-0.1, -0.05) is 12.1 Å². The minimum absolute atomic E-state index is 0.00665. The van der Waals surface area contributed by atoms with E-state index >= 15 is 0 Å². The number of carbonyl (C=O) groups is 1. The lowest BCUT2D eigenvalue weighted by atomic mass is 9.96. The maximum absolute atomic E-state index is 13.4. The third kappa shape index (κ3) is 8.17. The number of benzene rings is 2. The van der Waals surface area contributed by atoms with Crippen LogP contribution in [0.4, 0.5) is 31.5 Å². The number of sulfonamides is 1. The molecule has 232 valence electrons. The number of aliphatic carboxylic acids is 1. The third-order valence-electron chi connectivity index (χ3n) is 6.16. The number of ether oxygens (including phenoxy) is 2. The van der Waals surface area contributed by atoms with Crippen molar-refractivity contribution in [2.45, 2.75) is 36.2 Å². The predicted molar refractivity (Wildman–Crippen MR) is 143 cm³/mol. The van der Waals surface area contributed by atoms with Crippen LogP contribution in [0.15, 0.2) is 58.9 Å². The summed E-state index contributed by atoms with van der Waals surface area (Å²) in [5.41, 5.74) is 1.09. The summed E-state index contributed by atoms with van der Waals surface area (Å²) in [4.78, 5) is 12.8. The van der Waals surface area contributed by atoms with E-state index in [0.29, 0.717) is 48.6 Å². The number of anilines is 1. The number of fused-ring (bicyclic) bond motifs is 1. The highest BCUT2D eigenvalue weighted by molar-refractivity contribution is 7.93. The number of nitrogens with zero attached hydrogens (tertiary/aromatic N) is 1. The summed E-state index contributed by atoms with van der Waals surface area (Å²) in [6, 6.07) is 7.98. The van der Waals surface area contributed by atoms with Crippen molar-refractivity contribution < 1.29 is 54.1 Å². The van der Waals surface area contributed by atoms with Crippen LogP contribution in [0.5, 0.6) is 11.5 Å². The number of aromatic nitrogens is 1. The molecule has 9 nitrogen and oxygen atoms in total. The van der Waals surface area contributed by atoms with Crippen LogP contribution in [-0.4, -0.2) is 50.4 Å². The van der Waals surface area contributed by atoms with Crippen LogP contribution in [0.1, 0.15) is 35.6 Å². The largest absolute Gasteiger partial charge is 0.493 e. The number of halogens is 6. The molecule has 0 amide bonds. The van der Waals surface area contributed by atoms with Crippen LogP contribution < -0.4 is 19.5 Å². The first-order valence-electron chi connectivity index (χ1n) is 12.4. The second-order valence-corrected chi connectivity index (χ2v) is 11.7. The summed E-state index contributed by atoms with van der Waals surface area (Å²) in [7, 11) is -3.88. The number of hydrogen-bond acceptors (Lipinski definition) is 8. The van der Waals surface area contributed by atoms with E-state index in [1.54, 1.807) is 11.4 Å². The lowest BCUT2D eigenvalue weighted by Gasteiger charge is -2.28. The Morgan fingerprint density at radius 3 is 2.49 bits per heavy atom. The molecule has 3 N–H and O–H groups in total. The maximum atomic E-state index is 13.4. The summed E-state index contributed by atoms with van der Waals surface area (Å²) < 4.78 is 112. The van der Waals surface area contributed by atoms with Gasteiger partial charge in [-0.3, -0.25) is 4.72 Å². The lowest BCUT2D eigenvalue weighted by molar-refractivity contribution is -0.192. The highest BCUT2D eigenvalue weighted by Gasteiger charge is 2.38. The van der Waals surface area contributed by atoms with Gasteiger partial charge in [-0.05, 0) is 42.8 Å². The molecule has 17 heteroatoms. The van der Waals surface area contributed by atoms with Crippen LogP contribution >= 0.6 is 11.3 Å². The molecule has 1 aromatic heterocycles. The minimum Gasteiger partial charge on any atom is -0.493 e. The lowest BCUT2D eigenvalue weighted by Crippen LogP contribution is -2.22. The molecule has 0 aliphatic carbocycles. The average molecular weight is 652 g/mol. The van der Waals surface area contributed by atoms with E-state index in [9.17, 15) is 34.8 Å². The number of carboxylic acid groups (broad SMARTS) is 1.